The van der Waals surface area contributed by atoms with E-state index in [1.807, 2.05) is 11.6 Å². The highest BCUT2D eigenvalue weighted by Crippen LogP contribution is 2.22. The minimum atomic E-state index is -0.432. The standard InChI is InChI=1S/C13H18N6O/c1-9-4-11(17-16-9)7-18-3-2-12(8-18)19-6-10(5-15-19)13(14)20/h4-6,12H,2-3,7-8H2,1H3,(H2,14,20)(H,16,17). The Morgan fingerprint density at radius 3 is 3.10 bits per heavy atom. The van der Waals surface area contributed by atoms with E-state index in [9.17, 15) is 4.79 Å². The molecule has 0 saturated carbocycles. The Balaban J connectivity index is 1.62. The third-order valence-corrected chi connectivity index (χ3v) is 3.65. The predicted molar refractivity (Wildman–Crippen MR) is 73.0 cm³/mol. The number of aromatic amines is 1. The van der Waals surface area contributed by atoms with Crippen LogP contribution in [-0.2, 0) is 6.54 Å². The number of aryl methyl sites for hydroxylation is 1. The lowest BCUT2D eigenvalue weighted by Gasteiger charge is -2.14. The number of aromatic nitrogens is 4. The van der Waals surface area contributed by atoms with Crippen LogP contribution >= 0.6 is 0 Å². The molecule has 106 valence electrons. The first-order valence-corrected chi connectivity index (χ1v) is 6.69. The van der Waals surface area contributed by atoms with Crippen LogP contribution in [-0.4, -0.2) is 43.9 Å². The molecular weight excluding hydrogens is 256 g/mol. The fraction of sp³-hybridized carbons (Fsp3) is 0.462. The van der Waals surface area contributed by atoms with Gasteiger partial charge in [0, 0.05) is 31.5 Å². The van der Waals surface area contributed by atoms with Crippen molar-refractivity contribution in [2.24, 2.45) is 5.73 Å². The van der Waals surface area contributed by atoms with E-state index in [2.05, 4.69) is 26.3 Å². The molecule has 1 aliphatic rings. The Bertz CT molecular complexity index is 616. The molecule has 1 amide bonds. The molecule has 3 heterocycles. The predicted octanol–water partition coefficient (Wildman–Crippen LogP) is 0.461. The molecule has 0 spiro atoms. The molecule has 2 aromatic rings. The van der Waals surface area contributed by atoms with E-state index in [-0.39, 0.29) is 0 Å². The number of hydrogen-bond acceptors (Lipinski definition) is 4. The number of nitrogens with two attached hydrogens (primary N) is 1. The quantitative estimate of drug-likeness (QED) is 0.847. The number of primary amides is 1. The van der Waals surface area contributed by atoms with Crippen molar-refractivity contribution >= 4 is 5.91 Å². The zero-order chi connectivity index (χ0) is 14.1. The number of rotatable bonds is 4. The molecule has 1 fully saturated rings. The summed E-state index contributed by atoms with van der Waals surface area (Å²) in [5, 5.41) is 11.4. The Morgan fingerprint density at radius 1 is 1.60 bits per heavy atom. The average Bonchev–Trinajstić information content (AvgIpc) is 3.10. The number of H-pyrrole nitrogens is 1. The molecule has 3 rings (SSSR count). The number of likely N-dealkylation sites (tertiary alicyclic amines) is 1. The van der Waals surface area contributed by atoms with Crippen LogP contribution in [0.1, 0.15) is 34.2 Å². The van der Waals surface area contributed by atoms with Gasteiger partial charge in [-0.15, -0.1) is 0 Å². The Morgan fingerprint density at radius 2 is 2.45 bits per heavy atom. The first kappa shape index (κ1) is 12.9. The van der Waals surface area contributed by atoms with Crippen LogP contribution in [0.5, 0.6) is 0 Å². The summed E-state index contributed by atoms with van der Waals surface area (Å²) in [5.74, 6) is -0.432. The zero-order valence-electron chi connectivity index (χ0n) is 11.4. The highest BCUT2D eigenvalue weighted by atomic mass is 16.1. The number of nitrogens with one attached hydrogen (secondary N) is 1. The van der Waals surface area contributed by atoms with Crippen molar-refractivity contribution in [3.8, 4) is 0 Å². The summed E-state index contributed by atoms with van der Waals surface area (Å²) in [5.41, 5.74) is 7.84. The van der Waals surface area contributed by atoms with Crippen LogP contribution in [0.4, 0.5) is 0 Å². The van der Waals surface area contributed by atoms with Gasteiger partial charge in [-0.2, -0.15) is 10.2 Å². The summed E-state index contributed by atoms with van der Waals surface area (Å²) in [6.07, 6.45) is 4.28. The van der Waals surface area contributed by atoms with Gasteiger partial charge in [0.15, 0.2) is 0 Å². The number of hydrogen-bond donors (Lipinski definition) is 2. The second-order valence-corrected chi connectivity index (χ2v) is 5.29. The Kier molecular flexibility index (Phi) is 3.27. The molecule has 1 atom stereocenters. The van der Waals surface area contributed by atoms with Crippen molar-refractivity contribution in [1.29, 1.82) is 0 Å². The highest BCUT2D eigenvalue weighted by molar-refractivity contribution is 5.92. The van der Waals surface area contributed by atoms with E-state index >= 15 is 0 Å². The normalized spacial score (nSPS) is 19.6. The fourth-order valence-electron chi connectivity index (χ4n) is 2.62. The van der Waals surface area contributed by atoms with E-state index in [1.54, 1.807) is 6.20 Å². The van der Waals surface area contributed by atoms with Gasteiger partial charge < -0.3 is 5.73 Å². The summed E-state index contributed by atoms with van der Waals surface area (Å²) in [6, 6.07) is 2.36. The van der Waals surface area contributed by atoms with Gasteiger partial charge in [0.1, 0.15) is 0 Å². The van der Waals surface area contributed by atoms with Gasteiger partial charge in [-0.05, 0) is 19.4 Å². The molecule has 0 bridgehead atoms. The van der Waals surface area contributed by atoms with E-state index in [0.29, 0.717) is 11.6 Å². The maximum atomic E-state index is 11.1. The van der Waals surface area contributed by atoms with Crippen molar-refractivity contribution in [2.75, 3.05) is 13.1 Å². The third-order valence-electron chi connectivity index (χ3n) is 3.65. The van der Waals surface area contributed by atoms with Gasteiger partial charge in [-0.3, -0.25) is 19.5 Å². The lowest BCUT2D eigenvalue weighted by atomic mass is 10.2. The molecular formula is C13H18N6O. The van der Waals surface area contributed by atoms with Crippen molar-refractivity contribution in [3.05, 3.63) is 35.4 Å². The maximum Gasteiger partial charge on any atom is 0.251 e. The maximum absolute atomic E-state index is 11.1. The lowest BCUT2D eigenvalue weighted by molar-refractivity contribution is 0.1000. The zero-order valence-corrected chi connectivity index (χ0v) is 11.4. The summed E-state index contributed by atoms with van der Waals surface area (Å²) in [4.78, 5) is 13.4. The summed E-state index contributed by atoms with van der Waals surface area (Å²) < 4.78 is 1.84. The van der Waals surface area contributed by atoms with Crippen molar-refractivity contribution in [2.45, 2.75) is 25.9 Å². The van der Waals surface area contributed by atoms with E-state index in [4.69, 9.17) is 5.73 Å². The second kappa shape index (κ2) is 5.09. The minimum Gasteiger partial charge on any atom is -0.366 e. The van der Waals surface area contributed by atoms with Crippen molar-refractivity contribution in [3.63, 3.8) is 0 Å². The monoisotopic (exact) mass is 274 g/mol. The number of carbonyl (C=O) groups excluding carboxylic acids is 1. The van der Waals surface area contributed by atoms with Crippen LogP contribution < -0.4 is 5.73 Å². The van der Waals surface area contributed by atoms with Crippen molar-refractivity contribution in [1.82, 2.24) is 24.9 Å². The van der Waals surface area contributed by atoms with Gasteiger partial charge in [0.2, 0.25) is 0 Å². The van der Waals surface area contributed by atoms with Crippen LogP contribution in [0.15, 0.2) is 18.5 Å². The number of nitrogens with zero attached hydrogens (tertiary/aromatic N) is 4. The summed E-state index contributed by atoms with van der Waals surface area (Å²) in [6.45, 7) is 4.75. The molecule has 3 N–H and O–H groups in total. The number of amides is 1. The number of carbonyl (C=O) groups is 1. The van der Waals surface area contributed by atoms with Crippen molar-refractivity contribution < 1.29 is 4.79 Å². The molecule has 0 aromatic carbocycles. The fourth-order valence-corrected chi connectivity index (χ4v) is 2.62. The average molecular weight is 274 g/mol. The van der Waals surface area contributed by atoms with E-state index in [0.717, 1.165) is 37.4 Å². The molecule has 0 radical (unpaired) electrons. The third kappa shape index (κ3) is 2.57. The van der Waals surface area contributed by atoms with E-state index in [1.165, 1.54) is 6.20 Å². The Labute approximate surface area is 116 Å². The second-order valence-electron chi connectivity index (χ2n) is 5.29. The topological polar surface area (TPSA) is 92.8 Å². The van der Waals surface area contributed by atoms with Crippen LogP contribution in [0.2, 0.25) is 0 Å². The largest absolute Gasteiger partial charge is 0.366 e. The highest BCUT2D eigenvalue weighted by Gasteiger charge is 2.25. The SMILES string of the molecule is Cc1cc(CN2CCC(n3cc(C(N)=O)cn3)C2)n[nH]1. The van der Waals surface area contributed by atoms with Gasteiger partial charge in [0.05, 0.1) is 23.5 Å². The van der Waals surface area contributed by atoms with Crippen LogP contribution in [0.3, 0.4) is 0 Å². The van der Waals surface area contributed by atoms with Gasteiger partial charge in [0.25, 0.3) is 5.91 Å². The van der Waals surface area contributed by atoms with E-state index < -0.39 is 5.91 Å². The van der Waals surface area contributed by atoms with Gasteiger partial charge in [-0.25, -0.2) is 0 Å². The first-order chi connectivity index (χ1) is 9.61. The first-order valence-electron chi connectivity index (χ1n) is 6.69. The van der Waals surface area contributed by atoms with Gasteiger partial charge in [-0.1, -0.05) is 0 Å². The molecule has 7 heteroatoms. The molecule has 20 heavy (non-hydrogen) atoms. The lowest BCUT2D eigenvalue weighted by Crippen LogP contribution is -2.21. The molecule has 1 saturated heterocycles. The molecule has 1 unspecified atom stereocenters. The Hall–Kier alpha value is -2.15. The van der Waals surface area contributed by atoms with Gasteiger partial charge >= 0.3 is 0 Å². The smallest absolute Gasteiger partial charge is 0.251 e. The molecule has 2 aromatic heterocycles. The summed E-state index contributed by atoms with van der Waals surface area (Å²) in [7, 11) is 0. The summed E-state index contributed by atoms with van der Waals surface area (Å²) >= 11 is 0. The van der Waals surface area contributed by atoms with Crippen LogP contribution in [0, 0.1) is 6.92 Å². The van der Waals surface area contributed by atoms with Crippen LogP contribution in [0.25, 0.3) is 0 Å². The molecule has 0 aliphatic carbocycles. The molecule has 7 nitrogen and oxygen atoms in total. The minimum absolute atomic E-state index is 0.295. The molecule has 1 aliphatic heterocycles.